The molecule has 1 saturated heterocycles. The lowest BCUT2D eigenvalue weighted by molar-refractivity contribution is 0.0949. The third kappa shape index (κ3) is 4.24. The lowest BCUT2D eigenvalue weighted by atomic mass is 10.0. The van der Waals surface area contributed by atoms with E-state index in [1.54, 1.807) is 12.1 Å². The number of nitrogens with one attached hydrogen (secondary N) is 1. The zero-order chi connectivity index (χ0) is 21.2. The van der Waals surface area contributed by atoms with E-state index in [-0.39, 0.29) is 11.7 Å². The van der Waals surface area contributed by atoms with E-state index in [4.69, 9.17) is 0 Å². The Morgan fingerprint density at radius 1 is 1.03 bits per heavy atom. The number of benzene rings is 3. The molecule has 1 aliphatic rings. The zero-order valence-electron chi connectivity index (χ0n) is 17.1. The third-order valence-corrected chi connectivity index (χ3v) is 6.81. The van der Waals surface area contributed by atoms with Gasteiger partial charge in [0.2, 0.25) is 0 Å². The molecule has 1 aliphatic heterocycles. The number of thiazole rings is 1. The van der Waals surface area contributed by atoms with Gasteiger partial charge in [0.25, 0.3) is 5.91 Å². The molecule has 1 N–H and O–H groups in total. The maximum Gasteiger partial charge on any atom is 0.251 e. The number of carbonyl (C=O) groups is 1. The number of amides is 1. The van der Waals surface area contributed by atoms with Crippen molar-refractivity contribution in [3.05, 3.63) is 72.0 Å². The van der Waals surface area contributed by atoms with Crippen LogP contribution in [0.5, 0.6) is 0 Å². The van der Waals surface area contributed by atoms with Gasteiger partial charge in [-0.2, -0.15) is 0 Å². The fourth-order valence-corrected chi connectivity index (χ4v) is 5.07. The standard InChI is InChI=1S/C24H23FN4OS/c25-18-8-9-21-22(16-18)31-24(27-21)29-14-12-28(13-15-29)11-10-26-23(30)20-7-3-5-17-4-1-2-6-19(17)20/h1-9,16H,10-15H2,(H,26,30). The van der Waals surface area contributed by atoms with E-state index in [1.165, 1.54) is 17.4 Å². The molecule has 1 aromatic heterocycles. The van der Waals surface area contributed by atoms with Gasteiger partial charge >= 0.3 is 0 Å². The molecular weight excluding hydrogens is 411 g/mol. The number of hydrogen-bond acceptors (Lipinski definition) is 5. The Morgan fingerprint density at radius 2 is 1.84 bits per heavy atom. The molecule has 0 bridgehead atoms. The Bertz CT molecular complexity index is 1230. The second-order valence-corrected chi connectivity index (χ2v) is 8.73. The summed E-state index contributed by atoms with van der Waals surface area (Å²) in [5.74, 6) is -0.254. The predicted octanol–water partition coefficient (Wildman–Crippen LogP) is 4.14. The Labute approximate surface area is 184 Å². The molecular formula is C24H23FN4OS. The number of carbonyl (C=O) groups excluding carboxylic acids is 1. The summed E-state index contributed by atoms with van der Waals surface area (Å²) in [6, 6.07) is 18.5. The summed E-state index contributed by atoms with van der Waals surface area (Å²) in [5, 5.41) is 6.06. The molecule has 2 heterocycles. The minimum Gasteiger partial charge on any atom is -0.351 e. The minimum absolute atomic E-state index is 0.0304. The highest BCUT2D eigenvalue weighted by atomic mass is 32.1. The average Bonchev–Trinajstić information content (AvgIpc) is 3.22. The van der Waals surface area contributed by atoms with Crippen LogP contribution in [0.4, 0.5) is 9.52 Å². The molecule has 4 aromatic rings. The number of rotatable bonds is 5. The monoisotopic (exact) mass is 434 g/mol. The van der Waals surface area contributed by atoms with Crippen LogP contribution in [0.2, 0.25) is 0 Å². The molecule has 158 valence electrons. The largest absolute Gasteiger partial charge is 0.351 e. The molecule has 3 aromatic carbocycles. The van der Waals surface area contributed by atoms with Crippen molar-refractivity contribution >= 4 is 43.4 Å². The zero-order valence-corrected chi connectivity index (χ0v) is 17.9. The van der Waals surface area contributed by atoms with Gasteiger partial charge in [0.1, 0.15) is 5.82 Å². The van der Waals surface area contributed by atoms with Crippen LogP contribution in [0.25, 0.3) is 21.0 Å². The summed E-state index contributed by atoms with van der Waals surface area (Å²) in [6.45, 7) is 5.00. The molecule has 0 atom stereocenters. The molecule has 0 unspecified atom stereocenters. The Hall–Kier alpha value is -3.03. The first-order valence-electron chi connectivity index (χ1n) is 10.5. The highest BCUT2D eigenvalue weighted by molar-refractivity contribution is 7.22. The van der Waals surface area contributed by atoms with Crippen molar-refractivity contribution < 1.29 is 9.18 Å². The van der Waals surface area contributed by atoms with Gasteiger partial charge in [0.15, 0.2) is 5.13 Å². The molecule has 0 spiro atoms. The van der Waals surface area contributed by atoms with Crippen molar-refractivity contribution in [2.75, 3.05) is 44.2 Å². The van der Waals surface area contributed by atoms with E-state index >= 15 is 0 Å². The van der Waals surface area contributed by atoms with E-state index < -0.39 is 0 Å². The smallest absolute Gasteiger partial charge is 0.251 e. The number of aromatic nitrogens is 1. The van der Waals surface area contributed by atoms with Gasteiger partial charge in [-0.05, 0) is 35.0 Å². The molecule has 7 heteroatoms. The SMILES string of the molecule is O=C(NCCN1CCN(c2nc3ccc(F)cc3s2)CC1)c1cccc2ccccc12. The average molecular weight is 435 g/mol. The van der Waals surface area contributed by atoms with Gasteiger partial charge in [-0.25, -0.2) is 9.37 Å². The lowest BCUT2D eigenvalue weighted by Crippen LogP contribution is -2.48. The number of piperazine rings is 1. The first kappa shape index (κ1) is 19.9. The van der Waals surface area contributed by atoms with E-state index in [9.17, 15) is 9.18 Å². The maximum atomic E-state index is 13.4. The number of nitrogens with zero attached hydrogens (tertiary/aromatic N) is 3. The molecule has 1 fully saturated rings. The van der Waals surface area contributed by atoms with Crippen LogP contribution in [-0.4, -0.2) is 55.1 Å². The van der Waals surface area contributed by atoms with Crippen LogP contribution in [0, 0.1) is 5.82 Å². The van der Waals surface area contributed by atoms with Crippen LogP contribution < -0.4 is 10.2 Å². The Balaban J connectivity index is 1.13. The van der Waals surface area contributed by atoms with Gasteiger partial charge in [-0.15, -0.1) is 0 Å². The van der Waals surface area contributed by atoms with Crippen molar-refractivity contribution in [3.8, 4) is 0 Å². The minimum atomic E-state index is -0.224. The first-order chi connectivity index (χ1) is 15.2. The van der Waals surface area contributed by atoms with Gasteiger partial charge in [-0.3, -0.25) is 9.69 Å². The topological polar surface area (TPSA) is 48.5 Å². The van der Waals surface area contributed by atoms with Crippen LogP contribution in [0.15, 0.2) is 60.7 Å². The van der Waals surface area contributed by atoms with Crippen LogP contribution in [0.3, 0.4) is 0 Å². The van der Waals surface area contributed by atoms with Gasteiger partial charge in [-0.1, -0.05) is 47.7 Å². The Morgan fingerprint density at radius 3 is 2.71 bits per heavy atom. The summed E-state index contributed by atoms with van der Waals surface area (Å²) >= 11 is 1.54. The maximum absolute atomic E-state index is 13.4. The second kappa shape index (κ2) is 8.61. The molecule has 31 heavy (non-hydrogen) atoms. The fraction of sp³-hybridized carbons (Fsp3) is 0.250. The van der Waals surface area contributed by atoms with E-state index in [0.29, 0.717) is 6.54 Å². The van der Waals surface area contributed by atoms with Crippen LogP contribution in [0.1, 0.15) is 10.4 Å². The summed E-state index contributed by atoms with van der Waals surface area (Å²) in [7, 11) is 0. The predicted molar refractivity (Wildman–Crippen MR) is 125 cm³/mol. The van der Waals surface area contributed by atoms with E-state index in [1.807, 2.05) is 42.5 Å². The van der Waals surface area contributed by atoms with Crippen molar-refractivity contribution in [1.82, 2.24) is 15.2 Å². The van der Waals surface area contributed by atoms with Gasteiger partial charge < -0.3 is 10.2 Å². The summed E-state index contributed by atoms with van der Waals surface area (Å²) in [6.07, 6.45) is 0. The van der Waals surface area contributed by atoms with Crippen molar-refractivity contribution in [2.45, 2.75) is 0 Å². The van der Waals surface area contributed by atoms with Crippen LogP contribution >= 0.6 is 11.3 Å². The van der Waals surface area contributed by atoms with E-state index in [0.717, 1.165) is 64.4 Å². The highest BCUT2D eigenvalue weighted by Crippen LogP contribution is 2.29. The highest BCUT2D eigenvalue weighted by Gasteiger charge is 2.20. The normalized spacial score (nSPS) is 14.9. The molecule has 0 radical (unpaired) electrons. The van der Waals surface area contributed by atoms with Crippen molar-refractivity contribution in [1.29, 1.82) is 0 Å². The van der Waals surface area contributed by atoms with Crippen LogP contribution in [-0.2, 0) is 0 Å². The van der Waals surface area contributed by atoms with E-state index in [2.05, 4.69) is 20.1 Å². The second-order valence-electron chi connectivity index (χ2n) is 7.72. The quantitative estimate of drug-likeness (QED) is 0.513. The third-order valence-electron chi connectivity index (χ3n) is 5.73. The number of hydrogen-bond donors (Lipinski definition) is 1. The molecule has 5 rings (SSSR count). The number of halogens is 1. The summed E-state index contributed by atoms with van der Waals surface area (Å²) in [5.41, 5.74) is 1.56. The molecule has 0 saturated carbocycles. The summed E-state index contributed by atoms with van der Waals surface area (Å²) in [4.78, 5) is 21.9. The lowest BCUT2D eigenvalue weighted by Gasteiger charge is -2.34. The van der Waals surface area contributed by atoms with Gasteiger partial charge in [0, 0.05) is 44.8 Å². The first-order valence-corrected chi connectivity index (χ1v) is 11.3. The number of anilines is 1. The number of fused-ring (bicyclic) bond motifs is 2. The Kier molecular flexibility index (Phi) is 5.53. The molecule has 5 nitrogen and oxygen atoms in total. The fourth-order valence-electron chi connectivity index (χ4n) is 4.03. The molecule has 0 aliphatic carbocycles. The van der Waals surface area contributed by atoms with Crippen molar-refractivity contribution in [2.24, 2.45) is 0 Å². The summed E-state index contributed by atoms with van der Waals surface area (Å²) < 4.78 is 14.3. The van der Waals surface area contributed by atoms with Gasteiger partial charge in [0.05, 0.1) is 10.2 Å². The van der Waals surface area contributed by atoms with Crippen molar-refractivity contribution in [3.63, 3.8) is 0 Å². The molecule has 1 amide bonds.